The topological polar surface area (TPSA) is 116 Å². The maximum Gasteiger partial charge on any atom is 0.245 e. The lowest BCUT2D eigenvalue weighted by molar-refractivity contribution is -0.130. The summed E-state index contributed by atoms with van der Waals surface area (Å²) in [7, 11) is 0. The fourth-order valence-electron chi connectivity index (χ4n) is 4.39. The van der Waals surface area contributed by atoms with E-state index in [4.69, 9.17) is 16.3 Å². The number of nitrogens with zero attached hydrogens (tertiary/aromatic N) is 4. The second-order valence-corrected chi connectivity index (χ2v) is 9.00. The van der Waals surface area contributed by atoms with Gasteiger partial charge in [0.15, 0.2) is 0 Å². The summed E-state index contributed by atoms with van der Waals surface area (Å²) in [6.07, 6.45) is 7.00. The molecular weight excluding hydrogens is 480 g/mol. The number of halogens is 1. The number of benzene rings is 1. The lowest BCUT2D eigenvalue weighted by Crippen LogP contribution is -2.44. The van der Waals surface area contributed by atoms with E-state index in [-0.39, 0.29) is 5.91 Å². The molecule has 0 radical (unpaired) electrons. The Bertz CT molecular complexity index is 1400. The second kappa shape index (κ2) is 9.96. The zero-order valence-electron chi connectivity index (χ0n) is 19.4. The third-order valence-electron chi connectivity index (χ3n) is 6.34. The van der Waals surface area contributed by atoms with Crippen LogP contribution in [-0.2, 0) is 17.0 Å². The summed E-state index contributed by atoms with van der Waals surface area (Å²) in [6.45, 7) is 4.71. The zero-order chi connectivity index (χ0) is 25.1. The molecular formula is C26H25ClN6O3. The molecule has 1 fully saturated rings. The molecule has 1 aliphatic rings. The fourth-order valence-corrected chi connectivity index (χ4v) is 4.62. The molecule has 0 unspecified atom stereocenters. The van der Waals surface area contributed by atoms with Gasteiger partial charge in [0.1, 0.15) is 30.1 Å². The van der Waals surface area contributed by atoms with Gasteiger partial charge in [0.25, 0.3) is 0 Å². The van der Waals surface area contributed by atoms with Gasteiger partial charge in [-0.15, -0.1) is 0 Å². The third-order valence-corrected chi connectivity index (χ3v) is 6.64. The Kier molecular flexibility index (Phi) is 6.58. The Morgan fingerprint density at radius 3 is 2.81 bits per heavy atom. The average Bonchev–Trinajstić information content (AvgIpc) is 3.35. The number of piperidine rings is 1. The molecule has 0 atom stereocenters. The second-order valence-electron chi connectivity index (χ2n) is 8.59. The summed E-state index contributed by atoms with van der Waals surface area (Å²) in [5, 5.41) is 15.9. The number of carbonyl (C=O) groups is 1. The van der Waals surface area contributed by atoms with Gasteiger partial charge in [-0.25, -0.2) is 9.97 Å². The van der Waals surface area contributed by atoms with Crippen molar-refractivity contribution in [2.75, 3.05) is 18.4 Å². The van der Waals surface area contributed by atoms with E-state index in [2.05, 4.69) is 31.8 Å². The number of ether oxygens (including phenoxy) is 1. The molecule has 3 aromatic heterocycles. The van der Waals surface area contributed by atoms with E-state index in [1.165, 1.54) is 12.4 Å². The summed E-state index contributed by atoms with van der Waals surface area (Å²) in [5.74, 6) is 0.941. The predicted molar refractivity (Wildman–Crippen MR) is 137 cm³/mol. The van der Waals surface area contributed by atoms with Gasteiger partial charge in [0.05, 0.1) is 21.7 Å². The van der Waals surface area contributed by atoms with E-state index >= 15 is 0 Å². The molecule has 36 heavy (non-hydrogen) atoms. The van der Waals surface area contributed by atoms with Crippen molar-refractivity contribution in [3.63, 3.8) is 0 Å². The molecule has 9 nitrogen and oxygen atoms in total. The van der Waals surface area contributed by atoms with Gasteiger partial charge in [-0.3, -0.25) is 9.78 Å². The van der Waals surface area contributed by atoms with Crippen molar-refractivity contribution in [3.05, 3.63) is 84.1 Å². The third kappa shape index (κ3) is 4.75. The van der Waals surface area contributed by atoms with Gasteiger partial charge in [-0.2, -0.15) is 0 Å². The van der Waals surface area contributed by atoms with Crippen LogP contribution in [0.1, 0.15) is 24.1 Å². The molecule has 4 heterocycles. The van der Waals surface area contributed by atoms with Gasteiger partial charge in [0.2, 0.25) is 5.91 Å². The molecule has 0 saturated carbocycles. The Labute approximate surface area is 212 Å². The quantitative estimate of drug-likeness (QED) is 0.321. The highest BCUT2D eigenvalue weighted by atomic mass is 35.5. The zero-order valence-corrected chi connectivity index (χ0v) is 20.2. The van der Waals surface area contributed by atoms with Crippen LogP contribution in [0.3, 0.4) is 0 Å². The molecule has 0 bridgehead atoms. The van der Waals surface area contributed by atoms with Crippen LogP contribution in [-0.4, -0.2) is 48.9 Å². The van der Waals surface area contributed by atoms with Crippen molar-refractivity contribution in [1.29, 1.82) is 0 Å². The molecule has 10 heteroatoms. The number of anilines is 2. The van der Waals surface area contributed by atoms with Crippen molar-refractivity contribution in [2.45, 2.75) is 25.0 Å². The van der Waals surface area contributed by atoms with Gasteiger partial charge < -0.3 is 25.0 Å². The number of carbonyl (C=O) groups excluding carboxylic acids is 1. The number of hydrogen-bond donors (Lipinski definition) is 3. The van der Waals surface area contributed by atoms with Crippen molar-refractivity contribution < 1.29 is 14.6 Å². The van der Waals surface area contributed by atoms with E-state index in [9.17, 15) is 9.90 Å². The molecule has 1 aromatic carbocycles. The minimum absolute atomic E-state index is 0.133. The normalized spacial score (nSPS) is 15.0. The molecule has 0 spiro atoms. The highest BCUT2D eigenvalue weighted by Gasteiger charge is 2.37. The van der Waals surface area contributed by atoms with Crippen molar-refractivity contribution in [1.82, 2.24) is 24.8 Å². The molecule has 1 amide bonds. The Morgan fingerprint density at radius 1 is 1.25 bits per heavy atom. The number of aromatic amines is 1. The highest BCUT2D eigenvalue weighted by molar-refractivity contribution is 6.32. The van der Waals surface area contributed by atoms with Gasteiger partial charge >= 0.3 is 0 Å². The molecule has 184 valence electrons. The number of nitrogens with one attached hydrogen (secondary N) is 2. The smallest absolute Gasteiger partial charge is 0.245 e. The molecule has 0 aliphatic carbocycles. The van der Waals surface area contributed by atoms with Crippen LogP contribution in [0.2, 0.25) is 5.02 Å². The van der Waals surface area contributed by atoms with E-state index < -0.39 is 5.60 Å². The minimum Gasteiger partial charge on any atom is -0.486 e. The predicted octanol–water partition coefficient (Wildman–Crippen LogP) is 4.32. The minimum atomic E-state index is -1.13. The average molecular weight is 505 g/mol. The number of rotatable bonds is 7. The highest BCUT2D eigenvalue weighted by Crippen LogP contribution is 2.39. The Balaban J connectivity index is 1.37. The van der Waals surface area contributed by atoms with Gasteiger partial charge in [-0.1, -0.05) is 24.2 Å². The molecule has 3 N–H and O–H groups in total. The van der Waals surface area contributed by atoms with Crippen molar-refractivity contribution in [3.8, 4) is 5.75 Å². The maximum atomic E-state index is 12.0. The summed E-state index contributed by atoms with van der Waals surface area (Å²) in [6, 6.07) is 11.0. The summed E-state index contributed by atoms with van der Waals surface area (Å²) < 4.78 is 5.81. The molecule has 1 saturated heterocycles. The van der Waals surface area contributed by atoms with E-state index in [0.29, 0.717) is 71.4 Å². The summed E-state index contributed by atoms with van der Waals surface area (Å²) >= 11 is 6.48. The molecule has 1 aliphatic heterocycles. The first-order valence-corrected chi connectivity index (χ1v) is 11.9. The van der Waals surface area contributed by atoms with Gasteiger partial charge in [0, 0.05) is 36.7 Å². The number of pyridine rings is 1. The monoisotopic (exact) mass is 504 g/mol. The standard InChI is InChI=1S/C26H25ClN6O3/c1-2-22(34)33-11-8-26(35,9-12-33)19-14-29-24-23(19)25(31-16-30-24)32-17-6-7-21(20(27)13-17)36-15-18-5-3-4-10-28-18/h2-7,10,13-14,16,35H,1,8-9,11-12,15H2,(H2,29,30,31,32). The number of hydrogen-bond acceptors (Lipinski definition) is 7. The Morgan fingerprint density at radius 2 is 2.08 bits per heavy atom. The summed E-state index contributed by atoms with van der Waals surface area (Å²) in [5.41, 5.74) is 1.67. The van der Waals surface area contributed by atoms with Crippen LogP contribution in [0.4, 0.5) is 11.5 Å². The number of likely N-dealkylation sites (tertiary alicyclic amines) is 1. The Hall–Kier alpha value is -3.95. The number of fused-ring (bicyclic) bond motifs is 1. The van der Waals surface area contributed by atoms with Crippen LogP contribution < -0.4 is 10.1 Å². The largest absolute Gasteiger partial charge is 0.486 e. The summed E-state index contributed by atoms with van der Waals surface area (Å²) in [4.78, 5) is 29.8. The number of aromatic nitrogens is 4. The van der Waals surface area contributed by atoms with Crippen molar-refractivity contribution >= 4 is 40.0 Å². The molecule has 5 rings (SSSR count). The van der Waals surface area contributed by atoms with Crippen LogP contribution >= 0.6 is 11.6 Å². The van der Waals surface area contributed by atoms with E-state index in [0.717, 1.165) is 5.69 Å². The molecule has 4 aromatic rings. The lowest BCUT2D eigenvalue weighted by atomic mass is 9.84. The van der Waals surface area contributed by atoms with Crippen LogP contribution in [0, 0.1) is 0 Å². The van der Waals surface area contributed by atoms with Gasteiger partial charge in [-0.05, 0) is 49.2 Å². The maximum absolute atomic E-state index is 12.0. The van der Waals surface area contributed by atoms with Crippen LogP contribution in [0.15, 0.2) is 67.8 Å². The van der Waals surface area contributed by atoms with E-state index in [1.54, 1.807) is 29.4 Å². The first kappa shape index (κ1) is 23.8. The van der Waals surface area contributed by atoms with E-state index in [1.807, 2.05) is 24.3 Å². The number of aliphatic hydroxyl groups is 1. The first-order valence-electron chi connectivity index (χ1n) is 11.5. The van der Waals surface area contributed by atoms with Crippen LogP contribution in [0.5, 0.6) is 5.75 Å². The number of amides is 1. The lowest BCUT2D eigenvalue weighted by Gasteiger charge is -2.37. The van der Waals surface area contributed by atoms with Crippen molar-refractivity contribution in [2.24, 2.45) is 0 Å². The van der Waals surface area contributed by atoms with Crippen LogP contribution in [0.25, 0.3) is 11.0 Å². The SMILES string of the molecule is C=CC(=O)N1CCC(O)(c2c[nH]c3ncnc(Nc4ccc(OCc5ccccn5)c(Cl)c4)c23)CC1. The fraction of sp³-hybridized carbons (Fsp3) is 0.231. The number of H-pyrrole nitrogens is 1. The first-order chi connectivity index (χ1) is 17.5.